The summed E-state index contributed by atoms with van der Waals surface area (Å²) in [4.78, 5) is 34.1. The number of carbonyl (C=O) groups excluding carboxylic acids is 2. The monoisotopic (exact) mass is 499 g/mol. The number of nitrogens with two attached hydrogens (primary N) is 1. The highest BCUT2D eigenvalue weighted by Gasteiger charge is 2.45. The normalized spacial score (nSPS) is 18.2. The lowest BCUT2D eigenvalue weighted by Crippen LogP contribution is -2.40. The van der Waals surface area contributed by atoms with E-state index in [9.17, 15) is 19.1 Å². The van der Waals surface area contributed by atoms with Gasteiger partial charge in [-0.15, -0.1) is 0 Å². The molecule has 0 saturated heterocycles. The van der Waals surface area contributed by atoms with Crippen molar-refractivity contribution in [2.24, 2.45) is 5.73 Å². The van der Waals surface area contributed by atoms with Crippen molar-refractivity contribution in [2.45, 2.75) is 37.7 Å². The van der Waals surface area contributed by atoms with E-state index in [1.165, 1.54) is 12.1 Å². The van der Waals surface area contributed by atoms with Crippen LogP contribution in [0.1, 0.15) is 48.3 Å². The first-order chi connectivity index (χ1) is 17.6. The minimum atomic E-state index is -1.51. The number of Topliss-reactive ketones (excluding diaryl/α,β-unsaturated/α-hetero) is 1. The summed E-state index contributed by atoms with van der Waals surface area (Å²) in [5.74, 6) is -0.733. The average molecular weight is 500 g/mol. The number of aliphatic hydroxyl groups is 1. The fourth-order valence-electron chi connectivity index (χ4n) is 4.55. The SMILES string of the molecule is C[C@](O)(CCC(=O)c1ccc2cnccc2c1)c1cc2c(c(-c3ccc(F)cc3)n1)OC[C@]2(C)C(N)=O. The predicted molar refractivity (Wildman–Crippen MR) is 137 cm³/mol. The number of ether oxygens (including phenoxy) is 1. The van der Waals surface area contributed by atoms with Crippen LogP contribution in [0.2, 0.25) is 0 Å². The van der Waals surface area contributed by atoms with Crippen LogP contribution in [0.4, 0.5) is 4.39 Å². The van der Waals surface area contributed by atoms with Gasteiger partial charge >= 0.3 is 0 Å². The van der Waals surface area contributed by atoms with E-state index in [4.69, 9.17) is 10.5 Å². The number of pyridine rings is 2. The fourth-order valence-corrected chi connectivity index (χ4v) is 4.55. The van der Waals surface area contributed by atoms with Gasteiger partial charge in [-0.25, -0.2) is 9.37 Å². The number of halogens is 1. The van der Waals surface area contributed by atoms with Crippen LogP contribution in [0.25, 0.3) is 22.0 Å². The molecule has 0 aliphatic carbocycles. The van der Waals surface area contributed by atoms with Crippen molar-refractivity contribution in [3.63, 3.8) is 0 Å². The summed E-state index contributed by atoms with van der Waals surface area (Å²) in [6.07, 6.45) is 3.56. The highest BCUT2D eigenvalue weighted by Crippen LogP contribution is 2.46. The number of hydrogen-bond acceptors (Lipinski definition) is 6. The quantitative estimate of drug-likeness (QED) is 0.363. The summed E-state index contributed by atoms with van der Waals surface area (Å²) in [5.41, 5.74) is 5.31. The highest BCUT2D eigenvalue weighted by molar-refractivity contribution is 5.99. The first-order valence-corrected chi connectivity index (χ1v) is 11.9. The first-order valence-electron chi connectivity index (χ1n) is 11.9. The van der Waals surface area contributed by atoms with Crippen LogP contribution in [0.5, 0.6) is 5.75 Å². The van der Waals surface area contributed by atoms with Gasteiger partial charge in [0.25, 0.3) is 0 Å². The summed E-state index contributed by atoms with van der Waals surface area (Å²) >= 11 is 0. The van der Waals surface area contributed by atoms with Crippen molar-refractivity contribution in [1.82, 2.24) is 9.97 Å². The molecule has 1 aliphatic rings. The number of aromatic nitrogens is 2. The standard InChI is InChI=1S/C29H26FN3O4/c1-28(27(31)35)16-37-26-22(28)14-24(33-25(26)17-5-7-21(30)8-6-17)29(2,36)11-9-23(34)19-3-4-20-15-32-12-10-18(20)13-19/h3-8,10,12-15,36H,9,11,16H2,1-2H3,(H2,31,35)/t28-,29-/m0/s1. The molecular weight excluding hydrogens is 473 g/mol. The number of nitrogens with zero attached hydrogens (tertiary/aromatic N) is 2. The zero-order valence-corrected chi connectivity index (χ0v) is 20.5. The zero-order valence-electron chi connectivity index (χ0n) is 20.5. The van der Waals surface area contributed by atoms with Gasteiger partial charge in [-0.05, 0) is 68.1 Å². The number of benzene rings is 2. The Balaban J connectivity index is 1.49. The molecule has 0 fully saturated rings. The van der Waals surface area contributed by atoms with Crippen LogP contribution in [0.15, 0.2) is 67.0 Å². The van der Waals surface area contributed by atoms with Gasteiger partial charge in [0.05, 0.1) is 5.69 Å². The van der Waals surface area contributed by atoms with E-state index in [2.05, 4.69) is 9.97 Å². The molecule has 1 amide bonds. The third-order valence-corrected chi connectivity index (χ3v) is 7.09. The third kappa shape index (κ3) is 4.44. The molecule has 0 saturated carbocycles. The van der Waals surface area contributed by atoms with Crippen molar-refractivity contribution in [3.05, 3.63) is 89.6 Å². The van der Waals surface area contributed by atoms with Crippen LogP contribution in [0, 0.1) is 5.82 Å². The number of primary amides is 1. The van der Waals surface area contributed by atoms with Crippen LogP contribution < -0.4 is 10.5 Å². The Morgan fingerprint density at radius 1 is 1.14 bits per heavy atom. The molecule has 0 bridgehead atoms. The van der Waals surface area contributed by atoms with Gasteiger partial charge in [0.1, 0.15) is 34.9 Å². The highest BCUT2D eigenvalue weighted by atomic mass is 19.1. The van der Waals surface area contributed by atoms with Gasteiger partial charge in [0, 0.05) is 40.9 Å². The van der Waals surface area contributed by atoms with Crippen molar-refractivity contribution < 1.29 is 23.8 Å². The molecule has 37 heavy (non-hydrogen) atoms. The second kappa shape index (κ2) is 9.05. The van der Waals surface area contributed by atoms with Crippen molar-refractivity contribution >= 4 is 22.5 Å². The molecule has 5 rings (SSSR count). The molecule has 2 atom stereocenters. The van der Waals surface area contributed by atoms with E-state index in [0.29, 0.717) is 28.1 Å². The second-order valence-electron chi connectivity index (χ2n) is 9.86. The van der Waals surface area contributed by atoms with Crippen molar-refractivity contribution in [1.29, 1.82) is 0 Å². The number of carbonyl (C=O) groups is 2. The topological polar surface area (TPSA) is 115 Å². The molecule has 4 aromatic rings. The minimum absolute atomic E-state index is 0.0229. The molecule has 2 aromatic carbocycles. The first kappa shape index (κ1) is 24.5. The number of ketones is 1. The minimum Gasteiger partial charge on any atom is -0.489 e. The molecule has 3 N–H and O–H groups in total. The summed E-state index contributed by atoms with van der Waals surface area (Å²) in [6.45, 7) is 3.27. The molecule has 3 heterocycles. The fraction of sp³-hybridized carbons (Fsp3) is 0.241. The summed E-state index contributed by atoms with van der Waals surface area (Å²) in [6, 6.07) is 14.6. The van der Waals surface area contributed by atoms with E-state index in [-0.39, 0.29) is 30.9 Å². The Hall–Kier alpha value is -4.17. The third-order valence-electron chi connectivity index (χ3n) is 7.09. The molecule has 0 unspecified atom stereocenters. The molecule has 7 nitrogen and oxygen atoms in total. The van der Waals surface area contributed by atoms with Crippen molar-refractivity contribution in [3.8, 4) is 17.0 Å². The zero-order chi connectivity index (χ0) is 26.4. The van der Waals surface area contributed by atoms with Gasteiger partial charge in [0.2, 0.25) is 5.91 Å². The van der Waals surface area contributed by atoms with E-state index >= 15 is 0 Å². The van der Waals surface area contributed by atoms with E-state index in [1.807, 2.05) is 18.2 Å². The van der Waals surface area contributed by atoms with E-state index < -0.39 is 22.7 Å². The maximum absolute atomic E-state index is 13.6. The van der Waals surface area contributed by atoms with Gasteiger partial charge in [-0.1, -0.05) is 12.1 Å². The summed E-state index contributed by atoms with van der Waals surface area (Å²) in [7, 11) is 0. The molecule has 8 heteroatoms. The Labute approximate surface area is 213 Å². The summed E-state index contributed by atoms with van der Waals surface area (Å²) in [5, 5.41) is 13.3. The number of hydrogen-bond donors (Lipinski definition) is 2. The predicted octanol–water partition coefficient (Wildman–Crippen LogP) is 4.44. The lowest BCUT2D eigenvalue weighted by molar-refractivity contribution is -0.123. The Morgan fingerprint density at radius 3 is 2.62 bits per heavy atom. The van der Waals surface area contributed by atoms with E-state index in [1.54, 1.807) is 50.5 Å². The van der Waals surface area contributed by atoms with Crippen LogP contribution >= 0.6 is 0 Å². The van der Waals surface area contributed by atoms with Crippen LogP contribution in [-0.4, -0.2) is 33.4 Å². The van der Waals surface area contributed by atoms with E-state index in [0.717, 1.165) is 10.8 Å². The Bertz CT molecular complexity index is 1530. The van der Waals surface area contributed by atoms with Gasteiger partial charge in [-0.3, -0.25) is 14.6 Å². The van der Waals surface area contributed by atoms with Crippen LogP contribution in [0.3, 0.4) is 0 Å². The van der Waals surface area contributed by atoms with Crippen molar-refractivity contribution in [2.75, 3.05) is 6.61 Å². The maximum atomic E-state index is 13.6. The Morgan fingerprint density at radius 2 is 1.89 bits per heavy atom. The molecule has 0 radical (unpaired) electrons. The number of rotatable bonds is 7. The molecular formula is C29H26FN3O4. The Kier molecular flexibility index (Phi) is 6.00. The van der Waals surface area contributed by atoms with Gasteiger partial charge < -0.3 is 15.6 Å². The molecule has 0 spiro atoms. The maximum Gasteiger partial charge on any atom is 0.231 e. The van der Waals surface area contributed by atoms with Crippen LogP contribution in [-0.2, 0) is 15.8 Å². The second-order valence-corrected chi connectivity index (χ2v) is 9.86. The largest absolute Gasteiger partial charge is 0.489 e. The lowest BCUT2D eigenvalue weighted by atomic mass is 9.81. The lowest BCUT2D eigenvalue weighted by Gasteiger charge is -2.26. The average Bonchev–Trinajstić information content (AvgIpc) is 3.25. The molecule has 2 aromatic heterocycles. The smallest absolute Gasteiger partial charge is 0.231 e. The molecule has 188 valence electrons. The number of fused-ring (bicyclic) bond motifs is 2. The molecule has 1 aliphatic heterocycles. The number of amides is 1. The summed E-state index contributed by atoms with van der Waals surface area (Å²) < 4.78 is 19.4. The van der Waals surface area contributed by atoms with Gasteiger partial charge in [-0.2, -0.15) is 0 Å². The van der Waals surface area contributed by atoms with Gasteiger partial charge in [0.15, 0.2) is 5.78 Å².